The van der Waals surface area contributed by atoms with E-state index < -0.39 is 0 Å². The smallest absolute Gasteiger partial charge is 0.148 e. The van der Waals surface area contributed by atoms with Crippen molar-refractivity contribution >= 4 is 23.1 Å². The van der Waals surface area contributed by atoms with Crippen LogP contribution in [0, 0.1) is 0 Å². The van der Waals surface area contributed by atoms with Crippen LogP contribution in [-0.4, -0.2) is 5.84 Å². The molecule has 0 aromatic heterocycles. The summed E-state index contributed by atoms with van der Waals surface area (Å²) in [6.07, 6.45) is 1.73. The van der Waals surface area contributed by atoms with Crippen LogP contribution in [0.2, 0.25) is 5.02 Å². The maximum atomic E-state index is 5.74. The summed E-state index contributed by atoms with van der Waals surface area (Å²) in [5.41, 5.74) is 11.1. The molecule has 0 amide bonds. The van der Waals surface area contributed by atoms with Gasteiger partial charge in [0, 0.05) is 16.7 Å². The molecule has 0 atom stereocenters. The van der Waals surface area contributed by atoms with E-state index in [-0.39, 0.29) is 0 Å². The van der Waals surface area contributed by atoms with E-state index >= 15 is 0 Å². The van der Waals surface area contributed by atoms with Crippen molar-refractivity contribution in [1.29, 1.82) is 0 Å². The summed E-state index contributed by atoms with van der Waals surface area (Å²) in [6, 6.07) is 7.38. The van der Waals surface area contributed by atoms with E-state index in [1.54, 1.807) is 6.08 Å². The van der Waals surface area contributed by atoms with Gasteiger partial charge in [0.25, 0.3) is 0 Å². The normalized spacial score (nSPS) is 14.8. The van der Waals surface area contributed by atoms with Crippen LogP contribution in [-0.2, 0) is 0 Å². The summed E-state index contributed by atoms with van der Waals surface area (Å²) >= 11 is 5.74. The van der Waals surface area contributed by atoms with E-state index in [1.807, 2.05) is 24.3 Å². The predicted octanol–water partition coefficient (Wildman–Crippen LogP) is 1.57. The predicted molar refractivity (Wildman–Crippen MR) is 53.2 cm³/mol. The molecule has 1 aromatic rings. The van der Waals surface area contributed by atoms with Gasteiger partial charge in [0.1, 0.15) is 5.84 Å². The fourth-order valence-electron chi connectivity index (χ4n) is 1.07. The molecule has 3 nitrogen and oxygen atoms in total. The number of hydrogen-bond donors (Lipinski definition) is 1. The average Bonchev–Trinajstić information content (AvgIpc) is 2.53. The van der Waals surface area contributed by atoms with E-state index in [0.717, 1.165) is 11.3 Å². The van der Waals surface area contributed by atoms with E-state index in [4.69, 9.17) is 17.3 Å². The minimum absolute atomic E-state index is 0.435. The standard InChI is InChI=1S/C9H7ClN3/c10-7-3-1-6(2-4-7)8-5-9(11)13-12-8/h1-5H,(H2,11,13). The quantitative estimate of drug-likeness (QED) is 0.722. The van der Waals surface area contributed by atoms with Crippen LogP contribution < -0.4 is 11.2 Å². The maximum Gasteiger partial charge on any atom is 0.148 e. The molecule has 1 heterocycles. The Morgan fingerprint density at radius 1 is 1.15 bits per heavy atom. The second kappa shape index (κ2) is 3.11. The molecule has 0 unspecified atom stereocenters. The number of halogens is 1. The lowest BCUT2D eigenvalue weighted by Gasteiger charge is -1.98. The molecule has 1 radical (unpaired) electrons. The van der Waals surface area contributed by atoms with Crippen molar-refractivity contribution in [2.45, 2.75) is 0 Å². The third-order valence-electron chi connectivity index (χ3n) is 1.70. The van der Waals surface area contributed by atoms with Crippen molar-refractivity contribution in [3.63, 3.8) is 0 Å². The number of nitrogens with zero attached hydrogens (tertiary/aromatic N) is 2. The van der Waals surface area contributed by atoms with Crippen molar-refractivity contribution in [2.75, 3.05) is 0 Å². The number of nitrogens with two attached hydrogens (primary N) is 1. The molecule has 65 valence electrons. The van der Waals surface area contributed by atoms with Gasteiger partial charge >= 0.3 is 0 Å². The third-order valence-corrected chi connectivity index (χ3v) is 1.95. The molecule has 0 saturated heterocycles. The highest BCUT2D eigenvalue weighted by Crippen LogP contribution is 2.18. The van der Waals surface area contributed by atoms with E-state index in [9.17, 15) is 0 Å². The lowest BCUT2D eigenvalue weighted by molar-refractivity contribution is 0.991. The molecule has 0 bridgehead atoms. The zero-order valence-electron chi connectivity index (χ0n) is 6.74. The van der Waals surface area contributed by atoms with E-state index in [2.05, 4.69) is 10.5 Å². The number of amidine groups is 1. The second-order valence-corrected chi connectivity index (χ2v) is 3.10. The Balaban J connectivity index is 2.28. The molecule has 2 N–H and O–H groups in total. The molecule has 1 aromatic carbocycles. The molecular weight excluding hydrogens is 186 g/mol. The second-order valence-electron chi connectivity index (χ2n) is 2.66. The Labute approximate surface area is 80.9 Å². The van der Waals surface area contributed by atoms with Gasteiger partial charge in [0.05, 0.1) is 5.70 Å². The highest BCUT2D eigenvalue weighted by atomic mass is 35.5. The molecular formula is C9H7ClN3. The zero-order valence-corrected chi connectivity index (χ0v) is 7.49. The fourth-order valence-corrected chi connectivity index (χ4v) is 1.20. The first-order valence-corrected chi connectivity index (χ1v) is 4.15. The lowest BCUT2D eigenvalue weighted by Crippen LogP contribution is -2.04. The fraction of sp³-hybridized carbons (Fsp3) is 0. The topological polar surface area (TPSA) is 52.5 Å². The van der Waals surface area contributed by atoms with Crippen molar-refractivity contribution < 1.29 is 0 Å². The first-order chi connectivity index (χ1) is 6.25. The minimum atomic E-state index is 0.435. The molecule has 1 aliphatic heterocycles. The van der Waals surface area contributed by atoms with Crippen LogP contribution in [0.15, 0.2) is 35.4 Å². The zero-order chi connectivity index (χ0) is 9.26. The molecule has 13 heavy (non-hydrogen) atoms. The number of rotatable bonds is 1. The molecule has 2 rings (SSSR count). The van der Waals surface area contributed by atoms with Crippen LogP contribution in [0.25, 0.3) is 5.70 Å². The van der Waals surface area contributed by atoms with Gasteiger partial charge in [0.2, 0.25) is 0 Å². The summed E-state index contributed by atoms with van der Waals surface area (Å²) in [4.78, 5) is 0. The summed E-state index contributed by atoms with van der Waals surface area (Å²) < 4.78 is 0. The molecule has 0 aliphatic carbocycles. The minimum Gasteiger partial charge on any atom is -0.382 e. The van der Waals surface area contributed by atoms with E-state index in [1.165, 1.54) is 0 Å². The van der Waals surface area contributed by atoms with Gasteiger partial charge < -0.3 is 5.73 Å². The summed E-state index contributed by atoms with van der Waals surface area (Å²) in [7, 11) is 0. The first kappa shape index (κ1) is 8.13. The molecule has 4 heteroatoms. The molecule has 1 aliphatic rings. The van der Waals surface area contributed by atoms with Crippen LogP contribution >= 0.6 is 11.6 Å². The first-order valence-electron chi connectivity index (χ1n) is 3.77. The summed E-state index contributed by atoms with van der Waals surface area (Å²) in [5.74, 6) is 0.435. The number of benzene rings is 1. The van der Waals surface area contributed by atoms with Crippen LogP contribution in [0.4, 0.5) is 0 Å². The van der Waals surface area contributed by atoms with E-state index in [0.29, 0.717) is 10.9 Å². The van der Waals surface area contributed by atoms with Crippen molar-refractivity contribution in [3.05, 3.63) is 40.9 Å². The Morgan fingerprint density at radius 2 is 1.85 bits per heavy atom. The maximum absolute atomic E-state index is 5.74. The third kappa shape index (κ3) is 1.65. The van der Waals surface area contributed by atoms with Gasteiger partial charge in [-0.1, -0.05) is 23.7 Å². The van der Waals surface area contributed by atoms with Gasteiger partial charge in [-0.2, -0.15) is 0 Å². The number of hydrogen-bond acceptors (Lipinski definition) is 2. The molecule has 0 spiro atoms. The van der Waals surface area contributed by atoms with Gasteiger partial charge in [-0.05, 0) is 12.1 Å². The molecule has 0 saturated carbocycles. The Hall–Kier alpha value is -1.48. The Morgan fingerprint density at radius 3 is 2.38 bits per heavy atom. The van der Waals surface area contributed by atoms with Crippen molar-refractivity contribution in [1.82, 2.24) is 5.43 Å². The average molecular weight is 193 g/mol. The van der Waals surface area contributed by atoms with Gasteiger partial charge in [-0.15, -0.1) is 10.5 Å². The van der Waals surface area contributed by atoms with Gasteiger partial charge in [-0.3, -0.25) is 0 Å². The lowest BCUT2D eigenvalue weighted by atomic mass is 10.1. The van der Waals surface area contributed by atoms with Gasteiger partial charge in [0.15, 0.2) is 0 Å². The highest BCUT2D eigenvalue weighted by Gasteiger charge is 2.08. The summed E-state index contributed by atoms with van der Waals surface area (Å²) in [6.45, 7) is 0. The van der Waals surface area contributed by atoms with Crippen LogP contribution in [0.5, 0.6) is 0 Å². The van der Waals surface area contributed by atoms with Crippen LogP contribution in [0.3, 0.4) is 0 Å². The van der Waals surface area contributed by atoms with Crippen molar-refractivity contribution in [3.8, 4) is 0 Å². The Kier molecular flexibility index (Phi) is 1.94. The Bertz CT molecular complexity index is 378. The SMILES string of the molecule is NC1=N[N]C(c2ccc(Cl)cc2)=C1. The molecule has 0 fully saturated rings. The van der Waals surface area contributed by atoms with Crippen LogP contribution in [0.1, 0.15) is 5.56 Å². The largest absolute Gasteiger partial charge is 0.382 e. The van der Waals surface area contributed by atoms with Crippen molar-refractivity contribution in [2.24, 2.45) is 10.8 Å². The summed E-state index contributed by atoms with van der Waals surface area (Å²) in [5, 5.41) is 4.42. The van der Waals surface area contributed by atoms with Gasteiger partial charge in [-0.25, -0.2) is 0 Å². The highest BCUT2D eigenvalue weighted by molar-refractivity contribution is 6.30. The monoisotopic (exact) mass is 192 g/mol.